The summed E-state index contributed by atoms with van der Waals surface area (Å²) in [6.07, 6.45) is 1.80. The summed E-state index contributed by atoms with van der Waals surface area (Å²) >= 11 is 0. The molecule has 0 heterocycles. The number of carbonyl (C=O) groups is 1. The van der Waals surface area contributed by atoms with Crippen LogP contribution in [0.25, 0.3) is 0 Å². The van der Waals surface area contributed by atoms with E-state index in [1.54, 1.807) is 36.4 Å². The molecule has 1 amide bonds. The van der Waals surface area contributed by atoms with Crippen LogP contribution >= 0.6 is 0 Å². The fraction of sp³-hybridized carbons (Fsp3) is 0.350. The topological polar surface area (TPSA) is 66.5 Å². The highest BCUT2D eigenvalue weighted by Gasteiger charge is 2.27. The fourth-order valence-electron chi connectivity index (χ4n) is 2.77. The molecular formula is C20H26N2O3S. The van der Waals surface area contributed by atoms with Gasteiger partial charge in [-0.15, -0.1) is 0 Å². The Bertz CT molecular complexity index is 835. The van der Waals surface area contributed by atoms with E-state index in [1.165, 1.54) is 16.4 Å². The van der Waals surface area contributed by atoms with Gasteiger partial charge >= 0.3 is 0 Å². The van der Waals surface area contributed by atoms with Crippen molar-refractivity contribution in [3.8, 4) is 0 Å². The molecule has 0 radical (unpaired) electrons. The number of hydrogen-bond donors (Lipinski definition) is 1. The van der Waals surface area contributed by atoms with Crippen molar-refractivity contribution in [1.29, 1.82) is 0 Å². The number of benzene rings is 2. The maximum Gasteiger partial charge on any atom is 0.264 e. The lowest BCUT2D eigenvalue weighted by atomic mass is 10.2. The predicted octanol–water partition coefficient (Wildman–Crippen LogP) is 3.50. The summed E-state index contributed by atoms with van der Waals surface area (Å²) in [6.45, 7) is 5.60. The van der Waals surface area contributed by atoms with Crippen molar-refractivity contribution >= 4 is 21.6 Å². The first-order chi connectivity index (χ1) is 12.3. The van der Waals surface area contributed by atoms with Crippen LogP contribution in [0, 0.1) is 6.92 Å². The van der Waals surface area contributed by atoms with Crippen molar-refractivity contribution in [2.45, 2.75) is 44.6 Å². The highest BCUT2D eigenvalue weighted by molar-refractivity contribution is 7.92. The summed E-state index contributed by atoms with van der Waals surface area (Å²) in [5.74, 6) is -0.313. The molecule has 0 aliphatic rings. The van der Waals surface area contributed by atoms with Crippen LogP contribution in [0.4, 0.5) is 5.69 Å². The second-order valence-corrected chi connectivity index (χ2v) is 8.28. The van der Waals surface area contributed by atoms with E-state index in [0.717, 1.165) is 18.4 Å². The highest BCUT2D eigenvalue weighted by Crippen LogP contribution is 2.24. The van der Waals surface area contributed by atoms with Gasteiger partial charge in [-0.3, -0.25) is 9.10 Å². The second-order valence-electron chi connectivity index (χ2n) is 6.42. The minimum Gasteiger partial charge on any atom is -0.352 e. The van der Waals surface area contributed by atoms with Crippen LogP contribution in [0.15, 0.2) is 59.5 Å². The molecule has 5 nitrogen and oxygen atoms in total. The smallest absolute Gasteiger partial charge is 0.264 e. The molecule has 0 spiro atoms. The van der Waals surface area contributed by atoms with E-state index in [0.29, 0.717) is 5.69 Å². The van der Waals surface area contributed by atoms with Crippen molar-refractivity contribution in [2.24, 2.45) is 0 Å². The zero-order chi connectivity index (χ0) is 19.2. The molecule has 2 aromatic carbocycles. The number of carbonyl (C=O) groups excluding carboxylic acids is 1. The van der Waals surface area contributed by atoms with Crippen molar-refractivity contribution < 1.29 is 13.2 Å². The highest BCUT2D eigenvalue weighted by atomic mass is 32.2. The van der Waals surface area contributed by atoms with E-state index < -0.39 is 10.0 Å². The van der Waals surface area contributed by atoms with Gasteiger partial charge in [0.05, 0.1) is 10.6 Å². The molecule has 0 bridgehead atoms. The molecule has 1 atom stereocenters. The lowest BCUT2D eigenvalue weighted by Crippen LogP contribution is -2.43. The molecule has 0 aliphatic heterocycles. The SMILES string of the molecule is CCC[C@H](C)NC(=O)CN(c1cccc(C)c1)S(=O)(=O)c1ccccc1. The molecule has 0 aromatic heterocycles. The first-order valence-electron chi connectivity index (χ1n) is 8.78. The van der Waals surface area contributed by atoms with Gasteiger partial charge in [-0.25, -0.2) is 8.42 Å². The average molecular weight is 375 g/mol. The van der Waals surface area contributed by atoms with E-state index in [9.17, 15) is 13.2 Å². The Kier molecular flexibility index (Phi) is 6.80. The fourth-order valence-corrected chi connectivity index (χ4v) is 4.21. The van der Waals surface area contributed by atoms with Gasteiger partial charge in [0.2, 0.25) is 5.91 Å². The normalized spacial score (nSPS) is 12.4. The molecular weight excluding hydrogens is 348 g/mol. The van der Waals surface area contributed by atoms with Gasteiger partial charge in [0.15, 0.2) is 0 Å². The average Bonchev–Trinajstić information content (AvgIpc) is 2.60. The summed E-state index contributed by atoms with van der Waals surface area (Å²) in [4.78, 5) is 12.6. The summed E-state index contributed by atoms with van der Waals surface area (Å²) in [5, 5.41) is 2.87. The van der Waals surface area contributed by atoms with E-state index >= 15 is 0 Å². The van der Waals surface area contributed by atoms with Crippen molar-refractivity contribution in [3.05, 3.63) is 60.2 Å². The Hall–Kier alpha value is -2.34. The minimum absolute atomic E-state index is 0.00582. The Labute approximate surface area is 156 Å². The van der Waals surface area contributed by atoms with Crippen LogP contribution < -0.4 is 9.62 Å². The van der Waals surface area contributed by atoms with Gasteiger partial charge in [-0.1, -0.05) is 43.7 Å². The molecule has 0 unspecified atom stereocenters. The van der Waals surface area contributed by atoms with Crippen LogP contribution in [0.2, 0.25) is 0 Å². The third-order valence-electron chi connectivity index (χ3n) is 4.04. The summed E-state index contributed by atoms with van der Waals surface area (Å²) in [7, 11) is -3.84. The molecule has 1 N–H and O–H groups in total. The molecule has 0 saturated carbocycles. The van der Waals surface area contributed by atoms with Crippen molar-refractivity contribution in [3.63, 3.8) is 0 Å². The quantitative estimate of drug-likeness (QED) is 0.769. The van der Waals surface area contributed by atoms with Crippen LogP contribution in [-0.4, -0.2) is 26.9 Å². The van der Waals surface area contributed by atoms with Crippen LogP contribution in [-0.2, 0) is 14.8 Å². The molecule has 2 aromatic rings. The Morgan fingerprint density at radius 1 is 1.12 bits per heavy atom. The molecule has 2 rings (SSSR count). The number of rotatable bonds is 8. The van der Waals surface area contributed by atoms with Gasteiger partial charge < -0.3 is 5.32 Å². The number of sulfonamides is 1. The number of hydrogen-bond acceptors (Lipinski definition) is 3. The summed E-state index contributed by atoms with van der Waals surface area (Å²) in [5.41, 5.74) is 1.41. The van der Waals surface area contributed by atoms with E-state index in [4.69, 9.17) is 0 Å². The lowest BCUT2D eigenvalue weighted by molar-refractivity contribution is -0.120. The van der Waals surface area contributed by atoms with E-state index in [2.05, 4.69) is 5.32 Å². The zero-order valence-electron chi connectivity index (χ0n) is 15.5. The number of nitrogens with one attached hydrogen (secondary N) is 1. The lowest BCUT2D eigenvalue weighted by Gasteiger charge is -2.25. The van der Waals surface area contributed by atoms with Crippen LogP contribution in [0.3, 0.4) is 0 Å². The molecule has 0 aliphatic carbocycles. The molecule has 140 valence electrons. The van der Waals surface area contributed by atoms with Gasteiger partial charge in [-0.05, 0) is 50.1 Å². The zero-order valence-corrected chi connectivity index (χ0v) is 16.3. The number of aryl methyl sites for hydroxylation is 1. The summed E-state index contributed by atoms with van der Waals surface area (Å²) in [6, 6.07) is 15.3. The maximum atomic E-state index is 13.1. The van der Waals surface area contributed by atoms with Crippen molar-refractivity contribution in [2.75, 3.05) is 10.8 Å². The van der Waals surface area contributed by atoms with Crippen molar-refractivity contribution in [1.82, 2.24) is 5.32 Å². The number of amides is 1. The largest absolute Gasteiger partial charge is 0.352 e. The predicted molar refractivity (Wildman–Crippen MR) is 105 cm³/mol. The first kappa shape index (κ1) is 20.0. The summed E-state index contributed by atoms with van der Waals surface area (Å²) < 4.78 is 27.4. The van der Waals surface area contributed by atoms with Crippen LogP contribution in [0.5, 0.6) is 0 Å². The molecule has 26 heavy (non-hydrogen) atoms. The van der Waals surface area contributed by atoms with Gasteiger partial charge in [0, 0.05) is 6.04 Å². The third-order valence-corrected chi connectivity index (χ3v) is 5.83. The Balaban J connectivity index is 2.36. The van der Waals surface area contributed by atoms with Gasteiger partial charge in [-0.2, -0.15) is 0 Å². The molecule has 0 saturated heterocycles. The molecule has 0 fully saturated rings. The first-order valence-corrected chi connectivity index (χ1v) is 10.2. The van der Waals surface area contributed by atoms with Gasteiger partial charge in [0.1, 0.15) is 6.54 Å². The standard InChI is InChI=1S/C20H26N2O3S/c1-4-9-17(3)21-20(23)15-22(18-11-8-10-16(2)14-18)26(24,25)19-12-6-5-7-13-19/h5-8,10-14,17H,4,9,15H2,1-3H3,(H,21,23)/t17-/m0/s1. The monoisotopic (exact) mass is 374 g/mol. The number of anilines is 1. The Morgan fingerprint density at radius 2 is 1.81 bits per heavy atom. The number of nitrogens with zero attached hydrogens (tertiary/aromatic N) is 1. The minimum atomic E-state index is -3.84. The Morgan fingerprint density at radius 3 is 2.42 bits per heavy atom. The van der Waals surface area contributed by atoms with E-state index in [-0.39, 0.29) is 23.4 Å². The molecule has 6 heteroatoms. The van der Waals surface area contributed by atoms with Crippen LogP contribution in [0.1, 0.15) is 32.3 Å². The van der Waals surface area contributed by atoms with Gasteiger partial charge in [0.25, 0.3) is 10.0 Å². The maximum absolute atomic E-state index is 13.1. The third kappa shape index (κ3) is 5.08. The van der Waals surface area contributed by atoms with E-state index in [1.807, 2.05) is 26.8 Å². The second kappa shape index (κ2) is 8.85.